The van der Waals surface area contributed by atoms with Gasteiger partial charge in [-0.3, -0.25) is 0 Å². The molecule has 0 N–H and O–H groups in total. The summed E-state index contributed by atoms with van der Waals surface area (Å²) >= 11 is 0. The number of hydrogen-bond donors (Lipinski definition) is 0. The summed E-state index contributed by atoms with van der Waals surface area (Å²) in [6, 6.07) is 76.7. The van der Waals surface area contributed by atoms with Crippen molar-refractivity contribution < 1.29 is 8.83 Å². The molecule has 0 aliphatic heterocycles. The molecule has 12 aromatic rings. The van der Waals surface area contributed by atoms with Gasteiger partial charge in [0.05, 0.1) is 5.69 Å². The smallest absolute Gasteiger partial charge is 0.143 e. The predicted molar refractivity (Wildman–Crippen MR) is 267 cm³/mol. The number of rotatable bonds is 6. The molecule has 3 heteroatoms. The van der Waals surface area contributed by atoms with Gasteiger partial charge in [0.25, 0.3) is 0 Å². The fourth-order valence-corrected chi connectivity index (χ4v) is 10.5. The summed E-state index contributed by atoms with van der Waals surface area (Å²) in [7, 11) is 0. The van der Waals surface area contributed by atoms with E-state index < -0.39 is 0 Å². The van der Waals surface area contributed by atoms with Crippen molar-refractivity contribution in [2.75, 3.05) is 4.90 Å². The Kier molecular flexibility index (Phi) is 7.95. The molecular formula is C61H41NO2. The summed E-state index contributed by atoms with van der Waals surface area (Å²) in [6.45, 7) is 4.70. The van der Waals surface area contributed by atoms with Crippen molar-refractivity contribution in [2.24, 2.45) is 0 Å². The first-order valence-electron chi connectivity index (χ1n) is 22.1. The van der Waals surface area contributed by atoms with Crippen molar-refractivity contribution >= 4 is 71.7 Å². The molecule has 1 aliphatic rings. The lowest BCUT2D eigenvalue weighted by atomic mass is 9.82. The Hall–Kier alpha value is -8.14. The maximum Gasteiger partial charge on any atom is 0.143 e. The molecule has 0 saturated heterocycles. The normalized spacial score (nSPS) is 13.0. The van der Waals surface area contributed by atoms with Crippen molar-refractivity contribution in [3.63, 3.8) is 0 Å². The Morgan fingerprint density at radius 1 is 0.344 bits per heavy atom. The van der Waals surface area contributed by atoms with Crippen LogP contribution in [-0.2, 0) is 5.41 Å². The molecule has 302 valence electrons. The molecule has 3 nitrogen and oxygen atoms in total. The molecule has 1 aliphatic carbocycles. The number of nitrogens with zero attached hydrogens (tertiary/aromatic N) is 1. The van der Waals surface area contributed by atoms with E-state index in [4.69, 9.17) is 8.83 Å². The highest BCUT2D eigenvalue weighted by Crippen LogP contribution is 2.51. The van der Waals surface area contributed by atoms with Crippen LogP contribution in [0.25, 0.3) is 99.2 Å². The van der Waals surface area contributed by atoms with Crippen molar-refractivity contribution in [2.45, 2.75) is 19.3 Å². The first-order valence-corrected chi connectivity index (χ1v) is 22.1. The van der Waals surface area contributed by atoms with Gasteiger partial charge in [-0.25, -0.2) is 0 Å². The number of benzene rings is 10. The first-order chi connectivity index (χ1) is 31.5. The average molecular weight is 820 g/mol. The fourth-order valence-electron chi connectivity index (χ4n) is 10.5. The zero-order valence-electron chi connectivity index (χ0n) is 35.5. The first kappa shape index (κ1) is 36.5. The lowest BCUT2D eigenvalue weighted by Gasteiger charge is -2.29. The summed E-state index contributed by atoms with van der Waals surface area (Å²) in [4.78, 5) is 2.43. The number of furan rings is 2. The molecule has 0 saturated carbocycles. The third-order valence-corrected chi connectivity index (χ3v) is 13.7. The zero-order chi connectivity index (χ0) is 42.5. The van der Waals surface area contributed by atoms with Crippen LogP contribution in [0.5, 0.6) is 0 Å². The topological polar surface area (TPSA) is 29.5 Å². The van der Waals surface area contributed by atoms with Gasteiger partial charge in [-0.15, -0.1) is 0 Å². The standard InChI is InChI=1S/C61H41NO2/c1-61(2)54-24-8-5-17-48(54)49-33-32-44(37-55(49)61)62(56-25-11-15-39-14-3-4-16-45(39)56)43-30-28-38(29-31-43)40-34-41(46-20-12-22-52-50-18-6-9-26-57(50)63-59(46)52)36-42(35-40)47-21-13-23-53-51-19-7-10-27-58(51)64-60(47)53/h3-37H,1-2H3. The Labute approximate surface area is 371 Å². The molecule has 0 bridgehead atoms. The second kappa shape index (κ2) is 13.9. The Morgan fingerprint density at radius 3 is 1.53 bits per heavy atom. The monoisotopic (exact) mass is 819 g/mol. The minimum Gasteiger partial charge on any atom is -0.455 e. The molecule has 0 spiro atoms. The Bertz CT molecular complexity index is 3690. The third-order valence-electron chi connectivity index (χ3n) is 13.7. The highest BCUT2D eigenvalue weighted by Gasteiger charge is 2.36. The van der Waals surface area contributed by atoms with Gasteiger partial charge >= 0.3 is 0 Å². The number of hydrogen-bond acceptors (Lipinski definition) is 3. The van der Waals surface area contributed by atoms with Crippen LogP contribution in [0.2, 0.25) is 0 Å². The summed E-state index contributed by atoms with van der Waals surface area (Å²) < 4.78 is 13.3. The van der Waals surface area contributed by atoms with Crippen molar-refractivity contribution in [3.05, 3.63) is 223 Å². The number of anilines is 3. The minimum atomic E-state index is -0.127. The van der Waals surface area contributed by atoms with Gasteiger partial charge < -0.3 is 13.7 Å². The minimum absolute atomic E-state index is 0.127. The van der Waals surface area contributed by atoms with E-state index in [1.54, 1.807) is 0 Å². The van der Waals surface area contributed by atoms with E-state index in [9.17, 15) is 0 Å². The molecule has 0 fully saturated rings. The van der Waals surface area contributed by atoms with E-state index in [-0.39, 0.29) is 5.41 Å². The molecule has 0 amide bonds. The molecule has 2 heterocycles. The lowest BCUT2D eigenvalue weighted by Crippen LogP contribution is -2.16. The summed E-state index contributed by atoms with van der Waals surface area (Å²) in [5.74, 6) is 0. The van der Waals surface area contributed by atoms with Crippen molar-refractivity contribution in [3.8, 4) is 44.5 Å². The zero-order valence-corrected chi connectivity index (χ0v) is 35.5. The second-order valence-corrected chi connectivity index (χ2v) is 17.6. The lowest BCUT2D eigenvalue weighted by molar-refractivity contribution is 0.660. The highest BCUT2D eigenvalue weighted by molar-refractivity contribution is 6.12. The van der Waals surface area contributed by atoms with Crippen LogP contribution in [0.4, 0.5) is 17.1 Å². The quantitative estimate of drug-likeness (QED) is 0.167. The van der Waals surface area contributed by atoms with Crippen LogP contribution < -0.4 is 4.90 Å². The molecular weight excluding hydrogens is 779 g/mol. The molecule has 2 aromatic heterocycles. The van der Waals surface area contributed by atoms with Crippen LogP contribution in [-0.4, -0.2) is 0 Å². The number of fused-ring (bicyclic) bond motifs is 10. The largest absolute Gasteiger partial charge is 0.455 e. The number of para-hydroxylation sites is 4. The molecule has 0 atom stereocenters. The van der Waals surface area contributed by atoms with Crippen LogP contribution in [0.15, 0.2) is 221 Å². The van der Waals surface area contributed by atoms with Gasteiger partial charge in [-0.1, -0.05) is 166 Å². The van der Waals surface area contributed by atoms with Crippen LogP contribution in [0.3, 0.4) is 0 Å². The maximum absolute atomic E-state index is 6.63. The van der Waals surface area contributed by atoms with Crippen LogP contribution in [0, 0.1) is 0 Å². The van der Waals surface area contributed by atoms with Gasteiger partial charge in [0.2, 0.25) is 0 Å². The third kappa shape index (κ3) is 5.54. The van der Waals surface area contributed by atoms with E-state index in [0.717, 1.165) is 94.3 Å². The molecule has 10 aromatic carbocycles. The van der Waals surface area contributed by atoms with E-state index in [0.29, 0.717) is 0 Å². The summed E-state index contributed by atoms with van der Waals surface area (Å²) in [5.41, 5.74) is 18.6. The summed E-state index contributed by atoms with van der Waals surface area (Å²) in [5, 5.41) is 6.86. The van der Waals surface area contributed by atoms with E-state index in [2.05, 4.69) is 219 Å². The van der Waals surface area contributed by atoms with Gasteiger partial charge in [0.15, 0.2) is 0 Å². The van der Waals surface area contributed by atoms with E-state index in [1.165, 1.54) is 33.0 Å². The molecule has 64 heavy (non-hydrogen) atoms. The molecule has 0 unspecified atom stereocenters. The van der Waals surface area contributed by atoms with Crippen LogP contribution >= 0.6 is 0 Å². The van der Waals surface area contributed by atoms with E-state index >= 15 is 0 Å². The van der Waals surface area contributed by atoms with Gasteiger partial charge in [0.1, 0.15) is 22.3 Å². The average Bonchev–Trinajstić information content (AvgIpc) is 3.99. The van der Waals surface area contributed by atoms with Gasteiger partial charge in [-0.05, 0) is 111 Å². The van der Waals surface area contributed by atoms with Gasteiger partial charge in [-0.2, -0.15) is 0 Å². The maximum atomic E-state index is 6.63. The fraction of sp³-hybridized carbons (Fsp3) is 0.0492. The predicted octanol–water partition coefficient (Wildman–Crippen LogP) is 17.4. The van der Waals surface area contributed by atoms with Crippen LogP contribution in [0.1, 0.15) is 25.0 Å². The van der Waals surface area contributed by atoms with Crippen molar-refractivity contribution in [1.82, 2.24) is 0 Å². The van der Waals surface area contributed by atoms with Gasteiger partial charge in [0, 0.05) is 54.8 Å². The van der Waals surface area contributed by atoms with E-state index in [1.807, 2.05) is 12.1 Å². The highest BCUT2D eigenvalue weighted by atomic mass is 16.3. The SMILES string of the molecule is CC1(C)c2ccccc2-c2ccc(N(c3ccc(-c4cc(-c5cccc6c5oc5ccccc56)cc(-c5cccc6c5oc5ccccc56)c4)cc3)c3cccc4ccccc34)cc21. The summed E-state index contributed by atoms with van der Waals surface area (Å²) in [6.07, 6.45) is 0. The molecule has 13 rings (SSSR count). The molecule has 0 radical (unpaired) electrons. The Balaban J connectivity index is 0.991. The Morgan fingerprint density at radius 2 is 0.844 bits per heavy atom. The second-order valence-electron chi connectivity index (χ2n) is 17.6. The van der Waals surface area contributed by atoms with Crippen molar-refractivity contribution in [1.29, 1.82) is 0 Å².